The second-order valence-corrected chi connectivity index (χ2v) is 7.07. The summed E-state index contributed by atoms with van der Waals surface area (Å²) >= 11 is 1.26. The highest BCUT2D eigenvalue weighted by Crippen LogP contribution is 2.29. The number of ketones is 1. The Labute approximate surface area is 164 Å². The van der Waals surface area contributed by atoms with Crippen LogP contribution in [0, 0.1) is 12.7 Å². The molecule has 2 aromatic carbocycles. The largest absolute Gasteiger partial charge is 0.369 e. The Kier molecular flexibility index (Phi) is 4.62. The fraction of sp³-hybridized carbons (Fsp3) is 0.0500. The van der Waals surface area contributed by atoms with Gasteiger partial charge in [-0.1, -0.05) is 29.5 Å². The molecule has 0 unspecified atom stereocenters. The zero-order valence-electron chi connectivity index (χ0n) is 14.9. The van der Waals surface area contributed by atoms with Gasteiger partial charge in [-0.25, -0.2) is 14.4 Å². The second-order valence-electron chi connectivity index (χ2n) is 6.07. The van der Waals surface area contributed by atoms with Crippen molar-refractivity contribution in [2.24, 2.45) is 0 Å². The Morgan fingerprint density at radius 1 is 1.14 bits per heavy atom. The van der Waals surface area contributed by atoms with Crippen molar-refractivity contribution in [3.8, 4) is 5.69 Å². The van der Waals surface area contributed by atoms with Crippen LogP contribution in [0.4, 0.5) is 21.2 Å². The first-order chi connectivity index (χ1) is 13.5. The number of aryl methyl sites for hydroxylation is 1. The summed E-state index contributed by atoms with van der Waals surface area (Å²) in [5.74, 6) is -0.463. The van der Waals surface area contributed by atoms with Gasteiger partial charge in [0.1, 0.15) is 16.4 Å². The molecule has 28 heavy (non-hydrogen) atoms. The van der Waals surface area contributed by atoms with Crippen molar-refractivity contribution in [2.75, 3.05) is 11.1 Å². The molecule has 0 fully saturated rings. The van der Waals surface area contributed by atoms with E-state index in [2.05, 4.69) is 15.3 Å². The van der Waals surface area contributed by atoms with E-state index in [0.29, 0.717) is 27.1 Å². The van der Waals surface area contributed by atoms with Crippen molar-refractivity contribution in [3.05, 3.63) is 82.9 Å². The highest BCUT2D eigenvalue weighted by Gasteiger charge is 2.23. The fourth-order valence-corrected chi connectivity index (χ4v) is 3.75. The number of halogens is 1. The minimum absolute atomic E-state index is 0.153. The number of nitrogen functional groups attached to an aromatic ring is 1. The number of nitrogens with one attached hydrogen (secondary N) is 1. The van der Waals surface area contributed by atoms with Gasteiger partial charge in [0.05, 0.1) is 11.9 Å². The van der Waals surface area contributed by atoms with E-state index in [9.17, 15) is 9.18 Å². The third-order valence-corrected chi connectivity index (χ3v) is 5.21. The number of nitrogens with zero attached hydrogens (tertiary/aromatic N) is 3. The molecule has 0 spiro atoms. The summed E-state index contributed by atoms with van der Waals surface area (Å²) in [6.07, 6.45) is 1.42. The quantitative estimate of drug-likeness (QED) is 0.493. The van der Waals surface area contributed by atoms with Gasteiger partial charge in [-0.2, -0.15) is 0 Å². The number of aromatic nitrogens is 3. The molecule has 0 saturated heterocycles. The number of thiazole rings is 1. The fourth-order valence-electron chi connectivity index (χ4n) is 2.81. The van der Waals surface area contributed by atoms with Gasteiger partial charge < -0.3 is 11.1 Å². The molecule has 0 aliphatic rings. The van der Waals surface area contributed by atoms with E-state index in [0.717, 1.165) is 5.69 Å². The second kappa shape index (κ2) is 7.24. The van der Waals surface area contributed by atoms with Crippen LogP contribution < -0.4 is 11.1 Å². The van der Waals surface area contributed by atoms with Crippen molar-refractivity contribution in [2.45, 2.75) is 6.92 Å². The van der Waals surface area contributed by atoms with Crippen LogP contribution >= 0.6 is 11.3 Å². The average Bonchev–Trinajstić information content (AvgIpc) is 3.25. The Morgan fingerprint density at radius 3 is 2.57 bits per heavy atom. The molecule has 0 aliphatic heterocycles. The zero-order valence-corrected chi connectivity index (χ0v) is 15.7. The molecule has 0 aliphatic carbocycles. The van der Waals surface area contributed by atoms with Gasteiger partial charge in [0.2, 0.25) is 11.7 Å². The number of carbonyl (C=O) groups is 1. The van der Waals surface area contributed by atoms with Crippen LogP contribution in [0.25, 0.3) is 5.69 Å². The number of carbonyl (C=O) groups excluding carboxylic acids is 1. The first kappa shape index (κ1) is 17.9. The molecular weight excluding hydrogens is 377 g/mol. The van der Waals surface area contributed by atoms with E-state index in [-0.39, 0.29) is 17.5 Å². The lowest BCUT2D eigenvalue weighted by Crippen LogP contribution is -2.10. The lowest BCUT2D eigenvalue weighted by Gasteiger charge is -2.08. The number of anilines is 3. The predicted octanol–water partition coefficient (Wildman–Crippen LogP) is 4.33. The lowest BCUT2D eigenvalue weighted by molar-refractivity contribution is 0.103. The Bertz CT molecular complexity index is 1140. The Balaban J connectivity index is 1.68. The van der Waals surface area contributed by atoms with Gasteiger partial charge in [-0.15, -0.1) is 0 Å². The number of hydrogen-bond donors (Lipinski definition) is 2. The van der Waals surface area contributed by atoms with E-state index >= 15 is 0 Å². The number of rotatable bonds is 5. The number of benzene rings is 2. The topological polar surface area (TPSA) is 85.8 Å². The van der Waals surface area contributed by atoms with Crippen molar-refractivity contribution in [1.29, 1.82) is 0 Å². The maximum Gasteiger partial charge on any atom is 0.223 e. The monoisotopic (exact) mass is 393 g/mol. The number of imidazole rings is 1. The summed E-state index contributed by atoms with van der Waals surface area (Å²) in [7, 11) is 0. The summed E-state index contributed by atoms with van der Waals surface area (Å²) in [6.45, 7) is 1.78. The van der Waals surface area contributed by atoms with E-state index in [1.165, 1.54) is 34.2 Å². The van der Waals surface area contributed by atoms with Crippen molar-refractivity contribution < 1.29 is 9.18 Å². The third kappa shape index (κ3) is 3.37. The predicted molar refractivity (Wildman–Crippen MR) is 108 cm³/mol. The van der Waals surface area contributed by atoms with Crippen LogP contribution in [0.15, 0.2) is 60.8 Å². The summed E-state index contributed by atoms with van der Waals surface area (Å²) in [5.41, 5.74) is 8.30. The number of nitrogens with two attached hydrogens (primary N) is 1. The highest BCUT2D eigenvalue weighted by molar-refractivity contribution is 7.17. The molecule has 0 radical (unpaired) electrons. The van der Waals surface area contributed by atoms with Crippen LogP contribution in [0.5, 0.6) is 0 Å². The Morgan fingerprint density at radius 2 is 1.86 bits per heavy atom. The van der Waals surface area contributed by atoms with Crippen LogP contribution in [-0.4, -0.2) is 20.3 Å². The van der Waals surface area contributed by atoms with Crippen LogP contribution in [0.3, 0.4) is 0 Å². The third-order valence-electron chi connectivity index (χ3n) is 4.13. The molecule has 2 heterocycles. The minimum atomic E-state index is -0.370. The molecule has 4 aromatic rings. The van der Waals surface area contributed by atoms with Gasteiger partial charge in [0.15, 0.2) is 5.13 Å². The maximum absolute atomic E-state index is 13.3. The maximum atomic E-state index is 13.3. The average molecular weight is 393 g/mol. The molecule has 4 rings (SSSR count). The molecule has 0 saturated carbocycles. The summed E-state index contributed by atoms with van der Waals surface area (Å²) in [4.78, 5) is 22.2. The van der Waals surface area contributed by atoms with Gasteiger partial charge in [-0.05, 0) is 43.3 Å². The molecular formula is C20H16FN5OS. The summed E-state index contributed by atoms with van der Waals surface area (Å²) < 4.78 is 14.8. The molecule has 6 nitrogen and oxygen atoms in total. The van der Waals surface area contributed by atoms with E-state index in [1.807, 2.05) is 30.3 Å². The summed E-state index contributed by atoms with van der Waals surface area (Å²) in [6, 6.07) is 15.3. The zero-order chi connectivity index (χ0) is 19.7. The van der Waals surface area contributed by atoms with Gasteiger partial charge >= 0.3 is 0 Å². The molecule has 8 heteroatoms. The Hall–Kier alpha value is -3.52. The number of para-hydroxylation sites is 1. The van der Waals surface area contributed by atoms with Gasteiger partial charge in [0.25, 0.3) is 0 Å². The molecule has 140 valence electrons. The lowest BCUT2D eigenvalue weighted by atomic mass is 10.2. The summed E-state index contributed by atoms with van der Waals surface area (Å²) in [5, 5.41) is 3.81. The molecule has 0 amide bonds. The van der Waals surface area contributed by atoms with E-state index < -0.39 is 0 Å². The minimum Gasteiger partial charge on any atom is -0.369 e. The smallest absolute Gasteiger partial charge is 0.223 e. The first-order valence-electron chi connectivity index (χ1n) is 8.46. The van der Waals surface area contributed by atoms with Crippen LogP contribution in [-0.2, 0) is 0 Å². The molecule has 0 atom stereocenters. The standard InChI is InChI=1S/C20H16FN5OS/c1-12-18(28-20(24-12)25-14-5-3-2-4-6-14)17(27)16-11-23-19(22)26(16)15-9-7-13(21)8-10-15/h2-11H,1H3,(H2,22,23)(H,24,25). The molecule has 0 bridgehead atoms. The van der Waals surface area contributed by atoms with Crippen molar-refractivity contribution in [1.82, 2.24) is 14.5 Å². The number of hydrogen-bond acceptors (Lipinski definition) is 6. The van der Waals surface area contributed by atoms with Crippen LogP contribution in [0.2, 0.25) is 0 Å². The first-order valence-corrected chi connectivity index (χ1v) is 9.28. The normalized spacial score (nSPS) is 10.8. The highest BCUT2D eigenvalue weighted by atomic mass is 32.1. The molecule has 3 N–H and O–H groups in total. The SMILES string of the molecule is Cc1nc(Nc2ccccc2)sc1C(=O)c1cnc(N)n1-c1ccc(F)cc1. The van der Waals surface area contributed by atoms with E-state index in [4.69, 9.17) is 5.73 Å². The van der Waals surface area contributed by atoms with Gasteiger partial charge in [-0.3, -0.25) is 9.36 Å². The van der Waals surface area contributed by atoms with Gasteiger partial charge in [0, 0.05) is 11.4 Å². The van der Waals surface area contributed by atoms with E-state index in [1.54, 1.807) is 19.1 Å². The molecule has 2 aromatic heterocycles. The van der Waals surface area contributed by atoms with Crippen molar-refractivity contribution in [3.63, 3.8) is 0 Å². The van der Waals surface area contributed by atoms with Crippen LogP contribution in [0.1, 0.15) is 21.1 Å². The van der Waals surface area contributed by atoms with Crippen molar-refractivity contribution >= 4 is 33.9 Å².